The number of guanidine groups is 1. The summed E-state index contributed by atoms with van der Waals surface area (Å²) in [5, 5.41) is 3.41. The van der Waals surface area contributed by atoms with Crippen molar-refractivity contribution >= 4 is 17.0 Å². The van der Waals surface area contributed by atoms with Crippen LogP contribution < -0.4 is 5.32 Å². The van der Waals surface area contributed by atoms with E-state index in [1.165, 1.54) is 11.1 Å². The Morgan fingerprint density at radius 2 is 2.00 bits per heavy atom. The Hall–Kier alpha value is -2.86. The van der Waals surface area contributed by atoms with Gasteiger partial charge in [0.05, 0.1) is 30.5 Å². The minimum absolute atomic E-state index is 0.595. The smallest absolute Gasteiger partial charge is 0.193 e. The van der Waals surface area contributed by atoms with Gasteiger partial charge in [0.1, 0.15) is 0 Å². The van der Waals surface area contributed by atoms with Crippen LogP contribution in [0, 0.1) is 5.92 Å². The minimum atomic E-state index is 0.595. The standard InChI is InChI=1S/C24H31N5O/c1-3-25-24(28(2)15-21-12-13-30-17-21)26-14-19-8-10-20(11-9-19)16-29-18-27-22-6-4-5-7-23(22)29/h4-11,18,21H,3,12-17H2,1-2H3,(H,25,26). The van der Waals surface area contributed by atoms with Crippen LogP contribution in [0.2, 0.25) is 0 Å². The molecule has 0 aliphatic carbocycles. The van der Waals surface area contributed by atoms with Crippen LogP contribution in [0.3, 0.4) is 0 Å². The van der Waals surface area contributed by atoms with Gasteiger partial charge in [0, 0.05) is 39.2 Å². The molecule has 6 heteroatoms. The van der Waals surface area contributed by atoms with Gasteiger partial charge in [-0.3, -0.25) is 0 Å². The number of nitrogens with one attached hydrogen (secondary N) is 1. The summed E-state index contributed by atoms with van der Waals surface area (Å²) in [4.78, 5) is 11.5. The van der Waals surface area contributed by atoms with E-state index in [9.17, 15) is 0 Å². The van der Waals surface area contributed by atoms with E-state index in [2.05, 4.69) is 70.1 Å². The second-order valence-electron chi connectivity index (χ2n) is 7.96. The Morgan fingerprint density at radius 3 is 2.77 bits per heavy atom. The number of ether oxygens (including phenoxy) is 1. The molecule has 1 unspecified atom stereocenters. The molecular weight excluding hydrogens is 374 g/mol. The average molecular weight is 406 g/mol. The van der Waals surface area contributed by atoms with Crippen LogP contribution in [0.15, 0.2) is 59.9 Å². The van der Waals surface area contributed by atoms with E-state index in [0.29, 0.717) is 12.5 Å². The quantitative estimate of drug-likeness (QED) is 0.483. The SMILES string of the molecule is CCNC(=NCc1ccc(Cn2cnc3ccccc32)cc1)N(C)CC1CCOC1. The maximum atomic E-state index is 5.51. The fraction of sp³-hybridized carbons (Fsp3) is 0.417. The van der Waals surface area contributed by atoms with Crippen molar-refractivity contribution in [3.63, 3.8) is 0 Å². The van der Waals surface area contributed by atoms with Gasteiger partial charge in [-0.05, 0) is 36.6 Å². The Labute approximate surface area is 178 Å². The van der Waals surface area contributed by atoms with E-state index < -0.39 is 0 Å². The van der Waals surface area contributed by atoms with E-state index in [4.69, 9.17) is 9.73 Å². The highest BCUT2D eigenvalue weighted by molar-refractivity contribution is 5.79. The zero-order valence-corrected chi connectivity index (χ0v) is 17.9. The highest BCUT2D eigenvalue weighted by Crippen LogP contribution is 2.16. The van der Waals surface area contributed by atoms with Crippen LogP contribution in [0.25, 0.3) is 11.0 Å². The molecule has 4 rings (SSSR count). The lowest BCUT2D eigenvalue weighted by atomic mass is 10.1. The number of rotatable bonds is 7. The molecule has 158 valence electrons. The molecular formula is C24H31N5O. The number of hydrogen-bond donors (Lipinski definition) is 1. The predicted molar refractivity (Wildman–Crippen MR) is 122 cm³/mol. The summed E-state index contributed by atoms with van der Waals surface area (Å²) in [5.74, 6) is 1.55. The van der Waals surface area contributed by atoms with Gasteiger partial charge in [0.2, 0.25) is 0 Å². The number of aromatic nitrogens is 2. The number of para-hydroxylation sites is 2. The molecule has 30 heavy (non-hydrogen) atoms. The van der Waals surface area contributed by atoms with Gasteiger partial charge >= 0.3 is 0 Å². The molecule has 0 radical (unpaired) electrons. The maximum Gasteiger partial charge on any atom is 0.193 e. The van der Waals surface area contributed by atoms with E-state index in [1.54, 1.807) is 0 Å². The lowest BCUT2D eigenvalue weighted by Gasteiger charge is -2.24. The second-order valence-corrected chi connectivity index (χ2v) is 7.96. The van der Waals surface area contributed by atoms with Gasteiger partial charge in [0.25, 0.3) is 0 Å². The summed E-state index contributed by atoms with van der Waals surface area (Å²) in [6.07, 6.45) is 3.05. The summed E-state index contributed by atoms with van der Waals surface area (Å²) < 4.78 is 7.69. The Bertz CT molecular complexity index is 973. The van der Waals surface area contributed by atoms with E-state index >= 15 is 0 Å². The Balaban J connectivity index is 1.38. The molecule has 1 fully saturated rings. The first-order valence-electron chi connectivity index (χ1n) is 10.8. The zero-order chi connectivity index (χ0) is 20.8. The third kappa shape index (κ3) is 5.00. The average Bonchev–Trinajstić information content (AvgIpc) is 3.42. The van der Waals surface area contributed by atoms with E-state index in [1.807, 2.05) is 18.5 Å². The predicted octanol–water partition coefficient (Wildman–Crippen LogP) is 3.52. The van der Waals surface area contributed by atoms with Gasteiger partial charge < -0.3 is 19.5 Å². The van der Waals surface area contributed by atoms with Gasteiger partial charge in [-0.15, -0.1) is 0 Å². The van der Waals surface area contributed by atoms with Gasteiger partial charge in [-0.1, -0.05) is 36.4 Å². The van der Waals surface area contributed by atoms with Crippen LogP contribution in [0.5, 0.6) is 0 Å². The lowest BCUT2D eigenvalue weighted by Crippen LogP contribution is -2.41. The molecule has 0 amide bonds. The van der Waals surface area contributed by atoms with Crippen molar-refractivity contribution in [2.75, 3.05) is 33.4 Å². The third-order valence-electron chi connectivity index (χ3n) is 5.57. The van der Waals surface area contributed by atoms with Crippen LogP contribution in [-0.4, -0.2) is 53.8 Å². The van der Waals surface area contributed by atoms with Crippen molar-refractivity contribution in [2.45, 2.75) is 26.4 Å². The van der Waals surface area contributed by atoms with Gasteiger partial charge in [-0.25, -0.2) is 9.98 Å². The molecule has 3 aromatic rings. The van der Waals surface area contributed by atoms with E-state index in [-0.39, 0.29) is 0 Å². The first kappa shape index (κ1) is 20.4. The maximum absolute atomic E-state index is 5.51. The first-order valence-corrected chi connectivity index (χ1v) is 10.8. The topological polar surface area (TPSA) is 54.7 Å². The van der Waals surface area contributed by atoms with Crippen molar-refractivity contribution < 1.29 is 4.74 Å². The van der Waals surface area contributed by atoms with Crippen LogP contribution in [0.4, 0.5) is 0 Å². The largest absolute Gasteiger partial charge is 0.381 e. The summed E-state index contributed by atoms with van der Waals surface area (Å²) in [6, 6.07) is 17.0. The summed E-state index contributed by atoms with van der Waals surface area (Å²) in [7, 11) is 2.11. The van der Waals surface area contributed by atoms with E-state index in [0.717, 1.165) is 56.3 Å². The number of hydrogen-bond acceptors (Lipinski definition) is 3. The Morgan fingerprint density at radius 1 is 1.20 bits per heavy atom. The van der Waals surface area contributed by atoms with Crippen molar-refractivity contribution in [1.82, 2.24) is 19.8 Å². The molecule has 0 spiro atoms. The molecule has 1 saturated heterocycles. The molecule has 0 bridgehead atoms. The highest BCUT2D eigenvalue weighted by Gasteiger charge is 2.19. The van der Waals surface area contributed by atoms with Crippen molar-refractivity contribution in [2.24, 2.45) is 10.9 Å². The number of aliphatic imine (C=N–C) groups is 1. The molecule has 2 aromatic carbocycles. The van der Waals surface area contributed by atoms with Crippen molar-refractivity contribution in [3.05, 3.63) is 66.0 Å². The molecule has 1 atom stereocenters. The fourth-order valence-electron chi connectivity index (χ4n) is 3.92. The molecule has 2 heterocycles. The molecule has 6 nitrogen and oxygen atoms in total. The molecule has 0 saturated carbocycles. The number of imidazole rings is 1. The monoisotopic (exact) mass is 405 g/mol. The zero-order valence-electron chi connectivity index (χ0n) is 17.9. The van der Waals surface area contributed by atoms with Crippen LogP contribution in [-0.2, 0) is 17.8 Å². The molecule has 1 N–H and O–H groups in total. The van der Waals surface area contributed by atoms with Gasteiger partial charge in [0.15, 0.2) is 5.96 Å². The summed E-state index contributed by atoms with van der Waals surface area (Å²) in [5.41, 5.74) is 4.67. The number of fused-ring (bicyclic) bond motifs is 1. The minimum Gasteiger partial charge on any atom is -0.381 e. The summed E-state index contributed by atoms with van der Waals surface area (Å²) in [6.45, 7) is 7.17. The molecule has 1 aromatic heterocycles. The van der Waals surface area contributed by atoms with Crippen LogP contribution >= 0.6 is 0 Å². The first-order chi connectivity index (χ1) is 14.7. The van der Waals surface area contributed by atoms with Gasteiger partial charge in [-0.2, -0.15) is 0 Å². The second kappa shape index (κ2) is 9.76. The number of benzene rings is 2. The third-order valence-corrected chi connectivity index (χ3v) is 5.57. The number of nitrogens with zero attached hydrogens (tertiary/aromatic N) is 4. The lowest BCUT2D eigenvalue weighted by molar-refractivity contribution is 0.181. The fourth-order valence-corrected chi connectivity index (χ4v) is 3.92. The molecule has 1 aliphatic rings. The van der Waals surface area contributed by atoms with Crippen LogP contribution in [0.1, 0.15) is 24.5 Å². The summed E-state index contributed by atoms with van der Waals surface area (Å²) >= 11 is 0. The van der Waals surface area contributed by atoms with Crippen molar-refractivity contribution in [3.8, 4) is 0 Å². The Kier molecular flexibility index (Phi) is 6.64. The highest BCUT2D eigenvalue weighted by atomic mass is 16.5. The molecule has 1 aliphatic heterocycles. The van der Waals surface area contributed by atoms with Crippen molar-refractivity contribution in [1.29, 1.82) is 0 Å². The normalized spacial score (nSPS) is 16.9.